The molecule has 1 aromatic carbocycles. The summed E-state index contributed by atoms with van der Waals surface area (Å²) >= 11 is 5.83. The molecule has 3 nitrogen and oxygen atoms in total. The van der Waals surface area contributed by atoms with Crippen LogP contribution in [-0.4, -0.2) is 18.3 Å². The molecular formula is C10H14ClNO2. The van der Waals surface area contributed by atoms with Crippen molar-refractivity contribution in [3.05, 3.63) is 28.8 Å². The van der Waals surface area contributed by atoms with Crippen LogP contribution in [0.4, 0.5) is 0 Å². The van der Waals surface area contributed by atoms with Gasteiger partial charge in [0.2, 0.25) is 0 Å². The second-order valence-electron chi connectivity index (χ2n) is 3.04. The number of hydrogen-bond acceptors (Lipinski definition) is 3. The molecule has 4 heteroatoms. The van der Waals surface area contributed by atoms with E-state index < -0.39 is 0 Å². The third-order valence-electron chi connectivity index (χ3n) is 1.81. The molecule has 14 heavy (non-hydrogen) atoms. The first kappa shape index (κ1) is 11.3. The number of hydrogen-bond donors (Lipinski definition) is 2. The highest BCUT2D eigenvalue weighted by Crippen LogP contribution is 2.26. The van der Waals surface area contributed by atoms with E-state index in [0.717, 1.165) is 5.56 Å². The Kier molecular flexibility index (Phi) is 4.20. The molecule has 1 rings (SSSR count). The van der Waals surface area contributed by atoms with Gasteiger partial charge in [-0.25, -0.2) is 0 Å². The SMILES string of the molecule is C[C@H](N)c1cc(Cl)ccc1OCCO. The molecule has 0 radical (unpaired) electrons. The molecule has 0 heterocycles. The molecular weight excluding hydrogens is 202 g/mol. The molecule has 0 aliphatic rings. The van der Waals surface area contributed by atoms with Crippen LogP contribution in [0.3, 0.4) is 0 Å². The van der Waals surface area contributed by atoms with Crippen LogP contribution in [0, 0.1) is 0 Å². The summed E-state index contributed by atoms with van der Waals surface area (Å²) in [7, 11) is 0. The molecule has 0 aliphatic carbocycles. The van der Waals surface area contributed by atoms with Crippen LogP contribution in [0.15, 0.2) is 18.2 Å². The van der Waals surface area contributed by atoms with E-state index in [9.17, 15) is 0 Å². The molecule has 0 aliphatic heterocycles. The van der Waals surface area contributed by atoms with Crippen molar-refractivity contribution in [3.8, 4) is 5.75 Å². The number of aliphatic hydroxyl groups is 1. The predicted octanol–water partition coefficient (Wildman–Crippen LogP) is 1.73. The average Bonchev–Trinajstić information content (AvgIpc) is 2.15. The van der Waals surface area contributed by atoms with Gasteiger partial charge in [-0.15, -0.1) is 0 Å². The smallest absolute Gasteiger partial charge is 0.124 e. The van der Waals surface area contributed by atoms with Crippen molar-refractivity contribution in [2.24, 2.45) is 5.73 Å². The van der Waals surface area contributed by atoms with Gasteiger partial charge < -0.3 is 15.6 Å². The first-order chi connectivity index (χ1) is 6.65. The number of halogens is 1. The quantitative estimate of drug-likeness (QED) is 0.805. The second-order valence-corrected chi connectivity index (χ2v) is 3.48. The van der Waals surface area contributed by atoms with Gasteiger partial charge in [-0.1, -0.05) is 11.6 Å². The van der Waals surface area contributed by atoms with Crippen LogP contribution in [0.1, 0.15) is 18.5 Å². The number of rotatable bonds is 4. The van der Waals surface area contributed by atoms with Crippen molar-refractivity contribution in [3.63, 3.8) is 0 Å². The summed E-state index contributed by atoms with van der Waals surface area (Å²) < 4.78 is 5.31. The molecule has 0 saturated carbocycles. The molecule has 78 valence electrons. The van der Waals surface area contributed by atoms with Crippen LogP contribution in [0.2, 0.25) is 5.02 Å². The van der Waals surface area contributed by atoms with Gasteiger partial charge in [0.15, 0.2) is 0 Å². The Morgan fingerprint density at radius 3 is 2.86 bits per heavy atom. The van der Waals surface area contributed by atoms with E-state index in [0.29, 0.717) is 10.8 Å². The number of ether oxygens (including phenoxy) is 1. The summed E-state index contributed by atoms with van der Waals surface area (Å²) in [6.45, 7) is 2.11. The third kappa shape index (κ3) is 2.87. The molecule has 1 atom stereocenters. The number of nitrogens with two attached hydrogens (primary N) is 1. The highest BCUT2D eigenvalue weighted by Gasteiger charge is 2.08. The van der Waals surface area contributed by atoms with Gasteiger partial charge >= 0.3 is 0 Å². The third-order valence-corrected chi connectivity index (χ3v) is 2.05. The Balaban J connectivity index is 2.90. The Hall–Kier alpha value is -0.770. The van der Waals surface area contributed by atoms with Crippen molar-refractivity contribution in [2.75, 3.05) is 13.2 Å². The summed E-state index contributed by atoms with van der Waals surface area (Å²) in [5.74, 6) is 0.679. The van der Waals surface area contributed by atoms with Gasteiger partial charge in [0.25, 0.3) is 0 Å². The van der Waals surface area contributed by atoms with Gasteiger partial charge in [-0.3, -0.25) is 0 Å². The maximum Gasteiger partial charge on any atom is 0.124 e. The van der Waals surface area contributed by atoms with E-state index in [4.69, 9.17) is 27.2 Å². The van der Waals surface area contributed by atoms with Gasteiger partial charge in [0.05, 0.1) is 6.61 Å². The Morgan fingerprint density at radius 1 is 1.57 bits per heavy atom. The standard InChI is InChI=1S/C10H14ClNO2/c1-7(12)9-6-8(11)2-3-10(9)14-5-4-13/h2-3,6-7,13H,4-5,12H2,1H3/t7-/m0/s1. The van der Waals surface area contributed by atoms with Gasteiger partial charge in [-0.2, -0.15) is 0 Å². The molecule has 1 aromatic rings. The van der Waals surface area contributed by atoms with E-state index in [1.807, 2.05) is 6.92 Å². The summed E-state index contributed by atoms with van der Waals surface area (Å²) in [6, 6.07) is 5.14. The zero-order valence-electron chi connectivity index (χ0n) is 8.03. The van der Waals surface area contributed by atoms with Gasteiger partial charge in [0.1, 0.15) is 12.4 Å². The molecule has 3 N–H and O–H groups in total. The van der Waals surface area contributed by atoms with Crippen LogP contribution >= 0.6 is 11.6 Å². The topological polar surface area (TPSA) is 55.5 Å². The van der Waals surface area contributed by atoms with Crippen LogP contribution in [0.5, 0.6) is 5.75 Å². The van der Waals surface area contributed by atoms with Crippen molar-refractivity contribution in [1.82, 2.24) is 0 Å². The molecule has 0 bridgehead atoms. The average molecular weight is 216 g/mol. The van der Waals surface area contributed by atoms with Crippen molar-refractivity contribution < 1.29 is 9.84 Å². The summed E-state index contributed by atoms with van der Waals surface area (Å²) in [5, 5.41) is 9.26. The molecule has 0 aromatic heterocycles. The van der Waals surface area contributed by atoms with E-state index >= 15 is 0 Å². The van der Waals surface area contributed by atoms with E-state index in [1.165, 1.54) is 0 Å². The normalized spacial score (nSPS) is 12.6. The zero-order valence-corrected chi connectivity index (χ0v) is 8.79. The van der Waals surface area contributed by atoms with Crippen LogP contribution < -0.4 is 10.5 Å². The lowest BCUT2D eigenvalue weighted by molar-refractivity contribution is 0.200. The minimum Gasteiger partial charge on any atom is -0.491 e. The maximum atomic E-state index is 8.63. The molecule has 0 saturated heterocycles. The van der Waals surface area contributed by atoms with Crippen molar-refractivity contribution in [2.45, 2.75) is 13.0 Å². The lowest BCUT2D eigenvalue weighted by atomic mass is 10.1. The summed E-state index contributed by atoms with van der Waals surface area (Å²) in [6.07, 6.45) is 0. The summed E-state index contributed by atoms with van der Waals surface area (Å²) in [5.41, 5.74) is 6.61. The molecule has 0 amide bonds. The van der Waals surface area contributed by atoms with Crippen molar-refractivity contribution in [1.29, 1.82) is 0 Å². The van der Waals surface area contributed by atoms with Gasteiger partial charge in [0, 0.05) is 16.6 Å². The highest BCUT2D eigenvalue weighted by molar-refractivity contribution is 6.30. The minimum atomic E-state index is -0.137. The van der Waals surface area contributed by atoms with Crippen molar-refractivity contribution >= 4 is 11.6 Å². The first-order valence-electron chi connectivity index (χ1n) is 4.44. The molecule has 0 unspecified atom stereocenters. The monoisotopic (exact) mass is 215 g/mol. The highest BCUT2D eigenvalue weighted by atomic mass is 35.5. The largest absolute Gasteiger partial charge is 0.491 e. The maximum absolute atomic E-state index is 8.63. The minimum absolute atomic E-state index is 0.0129. The first-order valence-corrected chi connectivity index (χ1v) is 4.81. The van der Waals surface area contributed by atoms with Gasteiger partial charge in [-0.05, 0) is 25.1 Å². The molecule has 0 fully saturated rings. The van der Waals surface area contributed by atoms with E-state index in [2.05, 4.69) is 0 Å². The van der Waals surface area contributed by atoms with Crippen LogP contribution in [0.25, 0.3) is 0 Å². The Bertz CT molecular complexity index is 302. The number of benzene rings is 1. The van der Waals surface area contributed by atoms with E-state index in [-0.39, 0.29) is 19.3 Å². The lowest BCUT2D eigenvalue weighted by Gasteiger charge is -2.13. The second kappa shape index (κ2) is 5.20. The Morgan fingerprint density at radius 2 is 2.29 bits per heavy atom. The van der Waals surface area contributed by atoms with Crippen LogP contribution in [-0.2, 0) is 0 Å². The zero-order chi connectivity index (χ0) is 10.6. The van der Waals surface area contributed by atoms with E-state index in [1.54, 1.807) is 18.2 Å². The summed E-state index contributed by atoms with van der Waals surface area (Å²) in [4.78, 5) is 0. The fraction of sp³-hybridized carbons (Fsp3) is 0.400. The molecule has 0 spiro atoms. The fourth-order valence-corrected chi connectivity index (χ4v) is 1.34. The fourth-order valence-electron chi connectivity index (χ4n) is 1.16. The Labute approximate surface area is 88.4 Å². The lowest BCUT2D eigenvalue weighted by Crippen LogP contribution is -2.09. The predicted molar refractivity (Wildman–Crippen MR) is 56.6 cm³/mol. The number of aliphatic hydroxyl groups excluding tert-OH is 1.